The van der Waals surface area contributed by atoms with E-state index in [1.165, 1.54) is 0 Å². The molecule has 0 radical (unpaired) electrons. The van der Waals surface area contributed by atoms with Crippen LogP contribution in [0, 0.1) is 0 Å². The van der Waals surface area contributed by atoms with E-state index >= 15 is 0 Å². The highest BCUT2D eigenvalue weighted by Crippen LogP contribution is 2.32. The number of para-hydroxylation sites is 2. The number of pyridine rings is 1. The summed E-state index contributed by atoms with van der Waals surface area (Å²) in [6, 6.07) is 11.9. The number of nitrogens with zero attached hydrogens (tertiary/aromatic N) is 4. The van der Waals surface area contributed by atoms with Crippen LogP contribution < -0.4 is 5.69 Å². The van der Waals surface area contributed by atoms with Gasteiger partial charge in [-0.1, -0.05) is 12.1 Å². The minimum Gasteiger partial charge on any atom is -0.339 e. The van der Waals surface area contributed by atoms with Crippen molar-refractivity contribution < 1.29 is 4.79 Å². The molecule has 1 amide bonds. The van der Waals surface area contributed by atoms with Crippen molar-refractivity contribution in [3.63, 3.8) is 0 Å². The molecule has 2 aliphatic rings. The first kappa shape index (κ1) is 19.1. The molecule has 156 valence electrons. The Kier molecular flexibility index (Phi) is 5.12. The first-order chi connectivity index (χ1) is 14.7. The number of rotatable bonds is 3. The molecule has 7 nitrogen and oxygen atoms in total. The van der Waals surface area contributed by atoms with Gasteiger partial charge in [-0.05, 0) is 56.4 Å². The van der Waals surface area contributed by atoms with Crippen LogP contribution in [0.4, 0.5) is 0 Å². The van der Waals surface area contributed by atoms with Crippen LogP contribution in [0.3, 0.4) is 0 Å². The van der Waals surface area contributed by atoms with Gasteiger partial charge in [-0.15, -0.1) is 0 Å². The number of imidazole rings is 1. The van der Waals surface area contributed by atoms with Gasteiger partial charge in [0.2, 0.25) is 0 Å². The molecule has 1 N–H and O–H groups in total. The second kappa shape index (κ2) is 8.07. The summed E-state index contributed by atoms with van der Waals surface area (Å²) in [6.07, 6.45) is 8.55. The number of nitrogens with one attached hydrogen (secondary N) is 1. The summed E-state index contributed by atoms with van der Waals surface area (Å²) in [5.41, 5.74) is 2.54. The predicted octanol–water partition coefficient (Wildman–Crippen LogP) is 3.01. The van der Waals surface area contributed by atoms with Crippen LogP contribution in [0.5, 0.6) is 0 Å². The number of benzene rings is 1. The molecule has 2 aliphatic heterocycles. The molecule has 0 saturated carbocycles. The topological polar surface area (TPSA) is 74.2 Å². The third kappa shape index (κ3) is 3.43. The number of carbonyl (C=O) groups excluding carboxylic acids is 1. The standard InChI is InChI=1S/C23H27N5O2/c29-22(17-8-12-24-13-9-17)26-15-10-18(11-16-26)27-14-4-3-7-21(27)28-20-6-2-1-5-19(20)25-23(28)30/h1-2,5-6,8-9,12-13,18,21H,3-4,7,10-11,14-16H2,(H,25,30). The molecule has 0 aliphatic carbocycles. The first-order valence-electron chi connectivity index (χ1n) is 10.9. The van der Waals surface area contributed by atoms with Crippen LogP contribution in [0.1, 0.15) is 48.6 Å². The Morgan fingerprint density at radius 3 is 2.53 bits per heavy atom. The Morgan fingerprint density at radius 1 is 0.967 bits per heavy atom. The van der Waals surface area contributed by atoms with E-state index in [4.69, 9.17) is 0 Å². The summed E-state index contributed by atoms with van der Waals surface area (Å²) in [4.78, 5) is 37.0. The lowest BCUT2D eigenvalue weighted by molar-refractivity contribution is 0.0182. The number of hydrogen-bond acceptors (Lipinski definition) is 4. The normalized spacial score (nSPS) is 21.2. The van der Waals surface area contributed by atoms with Gasteiger partial charge in [0.1, 0.15) is 0 Å². The van der Waals surface area contributed by atoms with Gasteiger partial charge in [-0.25, -0.2) is 4.79 Å². The SMILES string of the molecule is O=C(c1ccncc1)N1CCC(N2CCCCC2n2c(=O)[nH]c3ccccc32)CC1. The summed E-state index contributed by atoms with van der Waals surface area (Å²) in [6.45, 7) is 2.50. The smallest absolute Gasteiger partial charge is 0.327 e. The van der Waals surface area contributed by atoms with Crippen LogP contribution in [0.25, 0.3) is 11.0 Å². The predicted molar refractivity (Wildman–Crippen MR) is 115 cm³/mol. The van der Waals surface area contributed by atoms with Crippen LogP contribution in [-0.2, 0) is 0 Å². The highest BCUT2D eigenvalue weighted by molar-refractivity contribution is 5.94. The van der Waals surface area contributed by atoms with E-state index in [1.807, 2.05) is 33.7 Å². The molecule has 3 aromatic rings. The van der Waals surface area contributed by atoms with E-state index in [0.717, 1.165) is 62.8 Å². The van der Waals surface area contributed by atoms with Crippen LogP contribution >= 0.6 is 0 Å². The zero-order chi connectivity index (χ0) is 20.5. The maximum absolute atomic E-state index is 12.8. The van der Waals surface area contributed by atoms with Crippen LogP contribution in [0.2, 0.25) is 0 Å². The van der Waals surface area contributed by atoms with Crippen molar-refractivity contribution in [1.29, 1.82) is 0 Å². The summed E-state index contributed by atoms with van der Waals surface area (Å²) in [5, 5.41) is 0. The third-order valence-electron chi connectivity index (χ3n) is 6.58. The molecule has 1 atom stereocenters. The second-order valence-corrected chi connectivity index (χ2v) is 8.29. The molecular weight excluding hydrogens is 378 g/mol. The summed E-state index contributed by atoms with van der Waals surface area (Å²) < 4.78 is 1.95. The van der Waals surface area contributed by atoms with Gasteiger partial charge in [-0.3, -0.25) is 19.2 Å². The van der Waals surface area contributed by atoms with E-state index in [0.29, 0.717) is 11.6 Å². The van der Waals surface area contributed by atoms with E-state index in [2.05, 4.69) is 14.9 Å². The lowest BCUT2D eigenvalue weighted by Crippen LogP contribution is -2.51. The zero-order valence-electron chi connectivity index (χ0n) is 17.0. The molecule has 1 unspecified atom stereocenters. The number of amides is 1. The maximum Gasteiger partial charge on any atom is 0.327 e. The molecule has 2 saturated heterocycles. The number of H-pyrrole nitrogens is 1. The number of aromatic nitrogens is 3. The van der Waals surface area contributed by atoms with Crippen molar-refractivity contribution >= 4 is 16.9 Å². The molecule has 7 heteroatoms. The minimum atomic E-state index is -0.0293. The van der Waals surface area contributed by atoms with Crippen molar-refractivity contribution in [2.24, 2.45) is 0 Å². The Balaban J connectivity index is 1.34. The molecule has 5 rings (SSSR count). The second-order valence-electron chi connectivity index (χ2n) is 8.29. The number of piperidine rings is 2. The van der Waals surface area contributed by atoms with Gasteiger partial charge < -0.3 is 9.88 Å². The lowest BCUT2D eigenvalue weighted by atomic mass is 9.97. The molecule has 2 aromatic heterocycles. The molecule has 1 aromatic carbocycles. The fourth-order valence-corrected chi connectivity index (χ4v) is 5.09. The average molecular weight is 406 g/mol. The van der Waals surface area contributed by atoms with Crippen molar-refractivity contribution in [3.8, 4) is 0 Å². The van der Waals surface area contributed by atoms with Crippen molar-refractivity contribution in [2.45, 2.75) is 44.3 Å². The lowest BCUT2D eigenvalue weighted by Gasteiger charge is -2.44. The van der Waals surface area contributed by atoms with E-state index in [1.54, 1.807) is 24.5 Å². The molecule has 30 heavy (non-hydrogen) atoms. The van der Waals surface area contributed by atoms with Crippen LogP contribution in [0.15, 0.2) is 53.6 Å². The minimum absolute atomic E-state index is 0.0293. The van der Waals surface area contributed by atoms with E-state index in [9.17, 15) is 9.59 Å². The number of carbonyl (C=O) groups is 1. The Labute approximate surface area is 175 Å². The molecule has 4 heterocycles. The highest BCUT2D eigenvalue weighted by atomic mass is 16.2. The van der Waals surface area contributed by atoms with Gasteiger partial charge in [0.25, 0.3) is 5.91 Å². The number of aromatic amines is 1. The molecular formula is C23H27N5O2. The number of hydrogen-bond donors (Lipinski definition) is 1. The quantitative estimate of drug-likeness (QED) is 0.727. The van der Waals surface area contributed by atoms with Crippen molar-refractivity contribution in [3.05, 3.63) is 64.8 Å². The summed E-state index contributed by atoms with van der Waals surface area (Å²) >= 11 is 0. The average Bonchev–Trinajstić information content (AvgIpc) is 3.15. The van der Waals surface area contributed by atoms with Gasteiger partial charge in [0.05, 0.1) is 17.2 Å². The fraction of sp³-hybridized carbons (Fsp3) is 0.435. The Bertz CT molecular complexity index is 1080. The van der Waals surface area contributed by atoms with Gasteiger partial charge in [0, 0.05) is 43.6 Å². The Morgan fingerprint density at radius 2 is 1.73 bits per heavy atom. The van der Waals surface area contributed by atoms with Crippen molar-refractivity contribution in [2.75, 3.05) is 19.6 Å². The monoisotopic (exact) mass is 405 g/mol. The Hall–Kier alpha value is -2.93. The summed E-state index contributed by atoms with van der Waals surface area (Å²) in [7, 11) is 0. The summed E-state index contributed by atoms with van der Waals surface area (Å²) in [5.74, 6) is 0.0823. The number of fused-ring (bicyclic) bond motifs is 1. The van der Waals surface area contributed by atoms with Gasteiger partial charge in [-0.2, -0.15) is 0 Å². The van der Waals surface area contributed by atoms with E-state index in [-0.39, 0.29) is 17.8 Å². The molecule has 2 fully saturated rings. The molecule has 0 spiro atoms. The van der Waals surface area contributed by atoms with Gasteiger partial charge >= 0.3 is 5.69 Å². The highest BCUT2D eigenvalue weighted by Gasteiger charge is 2.34. The van der Waals surface area contributed by atoms with Crippen LogP contribution in [-0.4, -0.2) is 55.9 Å². The third-order valence-corrected chi connectivity index (χ3v) is 6.58. The fourth-order valence-electron chi connectivity index (χ4n) is 5.09. The first-order valence-corrected chi connectivity index (χ1v) is 10.9. The van der Waals surface area contributed by atoms with Crippen molar-refractivity contribution in [1.82, 2.24) is 24.3 Å². The maximum atomic E-state index is 12.8. The number of likely N-dealkylation sites (tertiary alicyclic amines) is 2. The van der Waals surface area contributed by atoms with E-state index < -0.39 is 0 Å². The zero-order valence-corrected chi connectivity index (χ0v) is 17.0. The molecule has 0 bridgehead atoms. The van der Waals surface area contributed by atoms with Gasteiger partial charge in [0.15, 0.2) is 0 Å². The largest absolute Gasteiger partial charge is 0.339 e.